The minimum atomic E-state index is -0.738. The van der Waals surface area contributed by atoms with Crippen molar-refractivity contribution in [3.05, 3.63) is 51.0 Å². The number of thiophene rings is 1. The van der Waals surface area contributed by atoms with Crippen LogP contribution in [0.3, 0.4) is 0 Å². The van der Waals surface area contributed by atoms with Crippen LogP contribution >= 0.6 is 11.3 Å². The van der Waals surface area contributed by atoms with Gasteiger partial charge < -0.3 is 9.84 Å². The van der Waals surface area contributed by atoms with Gasteiger partial charge >= 0.3 is 0 Å². The van der Waals surface area contributed by atoms with E-state index in [0.29, 0.717) is 5.56 Å². The van der Waals surface area contributed by atoms with Gasteiger partial charge in [-0.15, -0.1) is 11.3 Å². The van der Waals surface area contributed by atoms with Crippen LogP contribution in [0, 0.1) is 19.7 Å². The lowest BCUT2D eigenvalue weighted by atomic mass is 10.1. The van der Waals surface area contributed by atoms with Crippen LogP contribution in [-0.4, -0.2) is 12.2 Å². The molecule has 2 nitrogen and oxygen atoms in total. The summed E-state index contributed by atoms with van der Waals surface area (Å²) < 4.78 is 18.2. The van der Waals surface area contributed by atoms with Gasteiger partial charge in [0.1, 0.15) is 6.10 Å². The van der Waals surface area contributed by atoms with Gasteiger partial charge in [0, 0.05) is 9.75 Å². The molecule has 0 radical (unpaired) electrons. The molecule has 2 rings (SSSR count). The van der Waals surface area contributed by atoms with E-state index in [2.05, 4.69) is 0 Å². The standard InChI is InChI=1S/C14H15FO2S/c1-8-6-9(2)18-14(8)13(16)10-4-5-11(15)12(7-10)17-3/h4-7,13,16H,1-3H3. The van der Waals surface area contributed by atoms with Gasteiger partial charge in [0.05, 0.1) is 7.11 Å². The lowest BCUT2D eigenvalue weighted by Crippen LogP contribution is -2.00. The maximum atomic E-state index is 13.3. The molecule has 1 N–H and O–H groups in total. The number of benzene rings is 1. The van der Waals surface area contributed by atoms with Gasteiger partial charge in [-0.25, -0.2) is 4.39 Å². The van der Waals surface area contributed by atoms with E-state index in [1.807, 2.05) is 19.9 Å². The smallest absolute Gasteiger partial charge is 0.165 e. The number of rotatable bonds is 3. The van der Waals surface area contributed by atoms with Gasteiger partial charge in [0.15, 0.2) is 11.6 Å². The van der Waals surface area contributed by atoms with Crippen molar-refractivity contribution < 1.29 is 14.2 Å². The molecular weight excluding hydrogens is 251 g/mol. The molecule has 1 aromatic heterocycles. The predicted octanol–water partition coefficient (Wildman–Crippen LogP) is 3.59. The van der Waals surface area contributed by atoms with E-state index < -0.39 is 11.9 Å². The minimum Gasteiger partial charge on any atom is -0.494 e. The van der Waals surface area contributed by atoms with E-state index in [1.165, 1.54) is 19.2 Å². The molecule has 0 amide bonds. The van der Waals surface area contributed by atoms with Gasteiger partial charge in [-0.05, 0) is 43.2 Å². The molecule has 0 fully saturated rings. The van der Waals surface area contributed by atoms with Crippen molar-refractivity contribution >= 4 is 11.3 Å². The van der Waals surface area contributed by atoms with Crippen LogP contribution in [0.1, 0.15) is 27.0 Å². The molecule has 0 bridgehead atoms. The number of ether oxygens (including phenoxy) is 1. The number of aliphatic hydroxyl groups is 1. The Labute approximate surface area is 110 Å². The van der Waals surface area contributed by atoms with Crippen LogP contribution in [0.2, 0.25) is 0 Å². The molecule has 1 atom stereocenters. The first kappa shape index (κ1) is 13.1. The molecule has 96 valence electrons. The summed E-state index contributed by atoms with van der Waals surface area (Å²) in [5.41, 5.74) is 1.69. The minimum absolute atomic E-state index is 0.150. The average molecular weight is 266 g/mol. The maximum Gasteiger partial charge on any atom is 0.165 e. The first-order valence-corrected chi connectivity index (χ1v) is 6.43. The number of methoxy groups -OCH3 is 1. The van der Waals surface area contributed by atoms with E-state index in [0.717, 1.165) is 15.3 Å². The van der Waals surface area contributed by atoms with Gasteiger partial charge in [-0.1, -0.05) is 6.07 Å². The Kier molecular flexibility index (Phi) is 3.68. The molecule has 4 heteroatoms. The number of halogens is 1. The van der Waals surface area contributed by atoms with E-state index in [1.54, 1.807) is 17.4 Å². The van der Waals surface area contributed by atoms with Gasteiger partial charge in [0.25, 0.3) is 0 Å². The number of hydrogen-bond donors (Lipinski definition) is 1. The van der Waals surface area contributed by atoms with Crippen LogP contribution in [0.5, 0.6) is 5.75 Å². The number of aryl methyl sites for hydroxylation is 2. The Balaban J connectivity index is 2.39. The van der Waals surface area contributed by atoms with Gasteiger partial charge in [-0.3, -0.25) is 0 Å². The molecule has 18 heavy (non-hydrogen) atoms. The zero-order valence-corrected chi connectivity index (χ0v) is 11.3. The molecule has 1 aromatic carbocycles. The Morgan fingerprint density at radius 1 is 1.28 bits per heavy atom. The molecule has 0 aliphatic carbocycles. The third-order valence-electron chi connectivity index (χ3n) is 2.82. The Bertz CT molecular complexity index is 563. The van der Waals surface area contributed by atoms with E-state index in [9.17, 15) is 9.50 Å². The first-order valence-electron chi connectivity index (χ1n) is 5.61. The summed E-state index contributed by atoms with van der Waals surface area (Å²) in [7, 11) is 1.41. The fourth-order valence-corrected chi connectivity index (χ4v) is 2.98. The molecule has 0 spiro atoms. The fourth-order valence-electron chi connectivity index (χ4n) is 1.93. The summed E-state index contributed by atoms with van der Waals surface area (Å²) in [5, 5.41) is 10.3. The van der Waals surface area contributed by atoms with Crippen LogP contribution in [0.25, 0.3) is 0 Å². The summed E-state index contributed by atoms with van der Waals surface area (Å²) >= 11 is 1.55. The molecule has 0 aliphatic heterocycles. The van der Waals surface area contributed by atoms with Crippen molar-refractivity contribution in [2.45, 2.75) is 20.0 Å². The maximum absolute atomic E-state index is 13.3. The Morgan fingerprint density at radius 3 is 2.56 bits per heavy atom. The zero-order valence-electron chi connectivity index (χ0n) is 10.5. The lowest BCUT2D eigenvalue weighted by molar-refractivity contribution is 0.222. The highest BCUT2D eigenvalue weighted by atomic mass is 32.1. The summed E-state index contributed by atoms with van der Waals surface area (Å²) in [6.45, 7) is 3.96. The molecule has 1 heterocycles. The number of hydrogen-bond acceptors (Lipinski definition) is 3. The highest BCUT2D eigenvalue weighted by molar-refractivity contribution is 7.12. The zero-order chi connectivity index (χ0) is 13.3. The molecular formula is C14H15FO2S. The predicted molar refractivity (Wildman–Crippen MR) is 70.8 cm³/mol. The van der Waals surface area contributed by atoms with Crippen LogP contribution < -0.4 is 4.74 Å². The molecule has 0 saturated heterocycles. The average Bonchev–Trinajstić information content (AvgIpc) is 2.68. The summed E-state index contributed by atoms with van der Waals surface area (Å²) in [6.07, 6.45) is -0.738. The van der Waals surface area contributed by atoms with Crippen molar-refractivity contribution in [3.8, 4) is 5.75 Å². The van der Waals surface area contributed by atoms with Crippen molar-refractivity contribution in [2.24, 2.45) is 0 Å². The van der Waals surface area contributed by atoms with Crippen molar-refractivity contribution in [3.63, 3.8) is 0 Å². The molecule has 0 saturated carbocycles. The lowest BCUT2D eigenvalue weighted by Gasteiger charge is -2.12. The van der Waals surface area contributed by atoms with Crippen molar-refractivity contribution in [1.29, 1.82) is 0 Å². The van der Waals surface area contributed by atoms with Crippen LogP contribution in [0.4, 0.5) is 4.39 Å². The van der Waals surface area contributed by atoms with E-state index in [4.69, 9.17) is 4.74 Å². The largest absolute Gasteiger partial charge is 0.494 e. The van der Waals surface area contributed by atoms with Gasteiger partial charge in [0.2, 0.25) is 0 Å². The highest BCUT2D eigenvalue weighted by Crippen LogP contribution is 2.33. The molecule has 2 aromatic rings. The van der Waals surface area contributed by atoms with Gasteiger partial charge in [-0.2, -0.15) is 0 Å². The van der Waals surface area contributed by atoms with Crippen LogP contribution in [0.15, 0.2) is 24.3 Å². The third kappa shape index (κ3) is 2.40. The highest BCUT2D eigenvalue weighted by Gasteiger charge is 2.17. The Hall–Kier alpha value is -1.39. The van der Waals surface area contributed by atoms with E-state index >= 15 is 0 Å². The third-order valence-corrected chi connectivity index (χ3v) is 4.02. The molecule has 1 unspecified atom stereocenters. The van der Waals surface area contributed by atoms with Crippen molar-refractivity contribution in [1.82, 2.24) is 0 Å². The monoisotopic (exact) mass is 266 g/mol. The summed E-state index contributed by atoms with van der Waals surface area (Å²) in [6, 6.07) is 6.46. The van der Waals surface area contributed by atoms with E-state index in [-0.39, 0.29) is 5.75 Å². The Morgan fingerprint density at radius 2 is 2.00 bits per heavy atom. The quantitative estimate of drug-likeness (QED) is 0.920. The van der Waals surface area contributed by atoms with Crippen LogP contribution in [-0.2, 0) is 0 Å². The normalized spacial score (nSPS) is 12.5. The second-order valence-electron chi connectivity index (χ2n) is 4.20. The number of aliphatic hydroxyl groups excluding tert-OH is 1. The summed E-state index contributed by atoms with van der Waals surface area (Å²) in [5.74, 6) is -0.273. The van der Waals surface area contributed by atoms with Crippen molar-refractivity contribution in [2.75, 3.05) is 7.11 Å². The summed E-state index contributed by atoms with van der Waals surface area (Å²) in [4.78, 5) is 2.04. The first-order chi connectivity index (χ1) is 8.52. The second kappa shape index (κ2) is 5.08. The fraction of sp³-hybridized carbons (Fsp3) is 0.286. The molecule has 0 aliphatic rings. The topological polar surface area (TPSA) is 29.5 Å². The second-order valence-corrected chi connectivity index (χ2v) is 5.49. The SMILES string of the molecule is COc1cc(C(O)c2sc(C)cc2C)ccc1F.